The fraction of sp³-hybridized carbons (Fsp3) is 0.455. The van der Waals surface area contributed by atoms with Crippen molar-refractivity contribution in [3.63, 3.8) is 0 Å². The lowest BCUT2D eigenvalue weighted by Gasteiger charge is -2.15. The Morgan fingerprint density at radius 2 is 1.95 bits per heavy atom. The topological polar surface area (TPSA) is 127 Å². The zero-order chi connectivity index (χ0) is 15.3. The molecule has 0 saturated heterocycles. The number of hydrazine groups is 1. The third-order valence-corrected chi connectivity index (χ3v) is 4.49. The highest BCUT2D eigenvalue weighted by atomic mass is 32.2. The molecule has 0 aliphatic carbocycles. The third kappa shape index (κ3) is 3.65. The van der Waals surface area contributed by atoms with Crippen LogP contribution in [-0.4, -0.2) is 19.4 Å². The van der Waals surface area contributed by atoms with Crippen LogP contribution in [0.15, 0.2) is 23.1 Å². The first-order valence-electron chi connectivity index (χ1n) is 6.13. The number of hydrogen-bond donors (Lipinski definition) is 3. The van der Waals surface area contributed by atoms with Crippen molar-refractivity contribution in [2.45, 2.75) is 37.6 Å². The van der Waals surface area contributed by atoms with E-state index in [2.05, 4.69) is 10.1 Å². The monoisotopic (exact) mass is 302 g/mol. The van der Waals surface area contributed by atoms with Gasteiger partial charge in [0.05, 0.1) is 10.6 Å². The van der Waals surface area contributed by atoms with Gasteiger partial charge in [0.15, 0.2) is 4.90 Å². The fourth-order valence-corrected chi connectivity index (χ4v) is 3.27. The minimum atomic E-state index is -3.94. The van der Waals surface area contributed by atoms with Crippen LogP contribution in [0.1, 0.15) is 26.7 Å². The Hall–Kier alpha value is -1.71. The van der Waals surface area contributed by atoms with E-state index in [1.807, 2.05) is 13.8 Å². The van der Waals surface area contributed by atoms with Gasteiger partial charge < -0.3 is 5.43 Å². The van der Waals surface area contributed by atoms with Gasteiger partial charge in [-0.2, -0.15) is 0 Å². The third-order valence-electron chi connectivity index (χ3n) is 2.92. The zero-order valence-electron chi connectivity index (χ0n) is 11.3. The average Bonchev–Trinajstić information content (AvgIpc) is 2.43. The molecule has 0 heterocycles. The normalized spacial score (nSPS) is 11.6. The number of nitrogens with two attached hydrogens (primary N) is 1. The molecule has 0 unspecified atom stereocenters. The highest BCUT2D eigenvalue weighted by Gasteiger charge is 2.27. The molecule has 0 fully saturated rings. The molecule has 112 valence electrons. The molecule has 0 radical (unpaired) electrons. The molecule has 0 aliphatic rings. The van der Waals surface area contributed by atoms with Crippen LogP contribution < -0.4 is 16.0 Å². The number of nitrogens with zero attached hydrogens (tertiary/aromatic N) is 1. The van der Waals surface area contributed by atoms with E-state index in [9.17, 15) is 18.5 Å². The summed E-state index contributed by atoms with van der Waals surface area (Å²) in [5.41, 5.74) is 1.99. The largest absolute Gasteiger partial charge is 0.324 e. The van der Waals surface area contributed by atoms with Crippen molar-refractivity contribution < 1.29 is 13.3 Å². The van der Waals surface area contributed by atoms with E-state index in [0.717, 1.165) is 12.1 Å². The maximum atomic E-state index is 12.2. The van der Waals surface area contributed by atoms with Gasteiger partial charge in [-0.1, -0.05) is 13.8 Å². The van der Waals surface area contributed by atoms with E-state index < -0.39 is 20.6 Å². The lowest BCUT2D eigenvalue weighted by atomic mass is 10.2. The number of benzene rings is 1. The van der Waals surface area contributed by atoms with Crippen molar-refractivity contribution in [1.29, 1.82) is 0 Å². The molecule has 1 aromatic rings. The summed E-state index contributed by atoms with van der Waals surface area (Å²) in [6, 6.07) is 3.36. The molecular formula is C11H18N4O4S. The molecule has 9 heteroatoms. The Kier molecular flexibility index (Phi) is 5.43. The van der Waals surface area contributed by atoms with Crippen molar-refractivity contribution >= 4 is 21.4 Å². The van der Waals surface area contributed by atoms with Crippen LogP contribution in [-0.2, 0) is 10.0 Å². The van der Waals surface area contributed by atoms with Gasteiger partial charge in [0.25, 0.3) is 5.69 Å². The molecule has 1 aromatic carbocycles. The zero-order valence-corrected chi connectivity index (χ0v) is 12.1. The van der Waals surface area contributed by atoms with Crippen molar-refractivity contribution in [1.82, 2.24) is 4.72 Å². The van der Waals surface area contributed by atoms with Crippen LogP contribution in [0.25, 0.3) is 0 Å². The second-order valence-electron chi connectivity index (χ2n) is 4.22. The smallest absolute Gasteiger partial charge is 0.291 e. The van der Waals surface area contributed by atoms with E-state index in [4.69, 9.17) is 5.84 Å². The summed E-state index contributed by atoms with van der Waals surface area (Å²) in [5.74, 6) is 5.16. The Bertz CT molecular complexity index is 584. The Labute approximate surface area is 117 Å². The highest BCUT2D eigenvalue weighted by Crippen LogP contribution is 2.27. The summed E-state index contributed by atoms with van der Waals surface area (Å²) in [6.07, 6.45) is 1.21. The van der Waals surface area contributed by atoms with Crippen LogP contribution >= 0.6 is 0 Å². The summed E-state index contributed by atoms with van der Waals surface area (Å²) in [4.78, 5) is 9.89. The fourth-order valence-electron chi connectivity index (χ4n) is 1.72. The van der Waals surface area contributed by atoms with Gasteiger partial charge in [0.1, 0.15) is 0 Å². The van der Waals surface area contributed by atoms with Crippen molar-refractivity contribution in [3.8, 4) is 0 Å². The van der Waals surface area contributed by atoms with Crippen molar-refractivity contribution in [2.24, 2.45) is 5.84 Å². The quantitative estimate of drug-likeness (QED) is 0.396. The highest BCUT2D eigenvalue weighted by molar-refractivity contribution is 7.89. The molecule has 0 aliphatic heterocycles. The van der Waals surface area contributed by atoms with Gasteiger partial charge in [0, 0.05) is 12.1 Å². The van der Waals surface area contributed by atoms with E-state index in [0.29, 0.717) is 12.8 Å². The molecule has 0 bridgehead atoms. The van der Waals surface area contributed by atoms with Gasteiger partial charge in [0.2, 0.25) is 10.0 Å². The average molecular weight is 302 g/mol. The van der Waals surface area contributed by atoms with Gasteiger partial charge >= 0.3 is 0 Å². The maximum Gasteiger partial charge on any atom is 0.291 e. The Balaban J connectivity index is 3.27. The first kappa shape index (κ1) is 16.3. The number of nitrogen functional groups attached to an aromatic ring is 1. The molecule has 8 nitrogen and oxygen atoms in total. The second kappa shape index (κ2) is 6.64. The number of anilines is 1. The molecule has 0 saturated carbocycles. The van der Waals surface area contributed by atoms with E-state index in [1.165, 1.54) is 6.07 Å². The number of hydrogen-bond acceptors (Lipinski definition) is 6. The maximum absolute atomic E-state index is 12.2. The SMILES string of the molecule is CCC(CC)NS(=O)(=O)c1ccc(NN)cc1[N+](=O)[O-]. The van der Waals surface area contributed by atoms with Crippen LogP contribution in [0.5, 0.6) is 0 Å². The number of nitrogens with one attached hydrogen (secondary N) is 2. The molecule has 0 spiro atoms. The van der Waals surface area contributed by atoms with Gasteiger partial charge in [-0.25, -0.2) is 13.1 Å². The molecule has 4 N–H and O–H groups in total. The van der Waals surface area contributed by atoms with E-state index >= 15 is 0 Å². The number of sulfonamides is 1. The first-order valence-corrected chi connectivity index (χ1v) is 7.61. The first-order chi connectivity index (χ1) is 9.35. The summed E-state index contributed by atoms with van der Waals surface area (Å²) < 4.78 is 26.9. The van der Waals surface area contributed by atoms with Gasteiger partial charge in [-0.3, -0.25) is 16.0 Å². The molecule has 20 heavy (non-hydrogen) atoms. The van der Waals surface area contributed by atoms with Gasteiger partial charge in [-0.15, -0.1) is 0 Å². The molecular weight excluding hydrogens is 284 g/mol. The second-order valence-corrected chi connectivity index (χ2v) is 5.90. The predicted molar refractivity (Wildman–Crippen MR) is 75.6 cm³/mol. The molecule has 0 amide bonds. The van der Waals surface area contributed by atoms with Crippen LogP contribution in [0.2, 0.25) is 0 Å². The minimum absolute atomic E-state index is 0.257. The van der Waals surface area contributed by atoms with E-state index in [-0.39, 0.29) is 16.6 Å². The van der Waals surface area contributed by atoms with Crippen molar-refractivity contribution in [3.05, 3.63) is 28.3 Å². The van der Waals surface area contributed by atoms with E-state index in [1.54, 1.807) is 0 Å². The van der Waals surface area contributed by atoms with Gasteiger partial charge in [-0.05, 0) is 25.0 Å². The molecule has 0 aromatic heterocycles. The lowest BCUT2D eigenvalue weighted by molar-refractivity contribution is -0.387. The number of rotatable bonds is 7. The summed E-state index contributed by atoms with van der Waals surface area (Å²) in [6.45, 7) is 3.68. The summed E-state index contributed by atoms with van der Waals surface area (Å²) >= 11 is 0. The lowest BCUT2D eigenvalue weighted by Crippen LogP contribution is -2.34. The number of nitro groups is 1. The van der Waals surface area contributed by atoms with Crippen molar-refractivity contribution in [2.75, 3.05) is 5.43 Å². The Morgan fingerprint density at radius 3 is 2.40 bits per heavy atom. The van der Waals surface area contributed by atoms with Crippen LogP contribution in [0.4, 0.5) is 11.4 Å². The molecule has 0 atom stereocenters. The summed E-state index contributed by atoms with van der Waals surface area (Å²) in [5, 5.41) is 11.0. The standard InChI is InChI=1S/C11H18N4O4S/c1-3-8(4-2)14-20(18,19)11-6-5-9(13-12)7-10(11)15(16)17/h5-8,13-14H,3-4,12H2,1-2H3. The number of nitro benzene ring substituents is 1. The molecule has 1 rings (SSSR count). The Morgan fingerprint density at radius 1 is 1.35 bits per heavy atom. The summed E-state index contributed by atoms with van der Waals surface area (Å²) in [7, 11) is -3.94. The predicted octanol–water partition coefficient (Wildman–Crippen LogP) is 1.35. The minimum Gasteiger partial charge on any atom is -0.324 e. The van der Waals surface area contributed by atoms with Crippen LogP contribution in [0.3, 0.4) is 0 Å². The van der Waals surface area contributed by atoms with Crippen LogP contribution in [0, 0.1) is 10.1 Å².